The van der Waals surface area contributed by atoms with Gasteiger partial charge >= 0.3 is 0 Å². The van der Waals surface area contributed by atoms with Crippen molar-refractivity contribution in [3.8, 4) is 0 Å². The van der Waals surface area contributed by atoms with E-state index in [9.17, 15) is 14.5 Å². The average Bonchev–Trinajstić information content (AvgIpc) is 2.28. The van der Waals surface area contributed by atoms with Gasteiger partial charge in [0.2, 0.25) is 0 Å². The Morgan fingerprint density at radius 3 is 2.35 bits per heavy atom. The molecule has 0 aliphatic rings. The maximum Gasteiger partial charge on any atom is 0.292 e. The van der Waals surface area contributed by atoms with Crippen LogP contribution in [0.1, 0.15) is 0 Å². The van der Waals surface area contributed by atoms with Gasteiger partial charge in [-0.25, -0.2) is 4.39 Å². The molecule has 17 heavy (non-hydrogen) atoms. The van der Waals surface area contributed by atoms with E-state index in [4.69, 9.17) is 10.2 Å². The Balaban J connectivity index is 3.14. The van der Waals surface area contributed by atoms with Crippen molar-refractivity contribution >= 4 is 11.4 Å². The number of hydrogen-bond acceptors (Lipinski definition) is 5. The molecule has 0 unspecified atom stereocenters. The van der Waals surface area contributed by atoms with Crippen LogP contribution in [0, 0.1) is 15.9 Å². The highest BCUT2D eigenvalue weighted by Crippen LogP contribution is 2.28. The number of hydrogen-bond donors (Lipinski definition) is 2. The Labute approximate surface area is 97.1 Å². The number of benzene rings is 1. The second-order valence-electron chi connectivity index (χ2n) is 3.32. The summed E-state index contributed by atoms with van der Waals surface area (Å²) >= 11 is 0. The summed E-state index contributed by atoms with van der Waals surface area (Å²) in [6.07, 6.45) is 0. The average molecular weight is 244 g/mol. The first-order chi connectivity index (χ1) is 8.10. The molecule has 0 radical (unpaired) electrons. The van der Waals surface area contributed by atoms with E-state index in [0.717, 1.165) is 18.2 Å². The number of anilines is 1. The SMILES string of the molecule is O=[N+]([O-])c1ccc(F)cc1N(CCO)CCO. The topological polar surface area (TPSA) is 86.8 Å². The summed E-state index contributed by atoms with van der Waals surface area (Å²) in [7, 11) is 0. The summed E-state index contributed by atoms with van der Waals surface area (Å²) in [4.78, 5) is 11.5. The quantitative estimate of drug-likeness (QED) is 0.563. The summed E-state index contributed by atoms with van der Waals surface area (Å²) in [5.74, 6) is -0.605. The van der Waals surface area contributed by atoms with Gasteiger partial charge in [0.15, 0.2) is 0 Å². The van der Waals surface area contributed by atoms with Gasteiger partial charge in [0.1, 0.15) is 11.5 Å². The van der Waals surface area contributed by atoms with Crippen LogP contribution in [0.2, 0.25) is 0 Å². The molecule has 0 bridgehead atoms. The van der Waals surface area contributed by atoms with E-state index in [1.165, 1.54) is 4.90 Å². The fourth-order valence-electron chi connectivity index (χ4n) is 1.50. The minimum Gasteiger partial charge on any atom is -0.395 e. The molecule has 0 spiro atoms. The number of halogens is 1. The van der Waals surface area contributed by atoms with Crippen molar-refractivity contribution in [3.63, 3.8) is 0 Å². The second kappa shape index (κ2) is 6.12. The molecule has 6 nitrogen and oxygen atoms in total. The van der Waals surface area contributed by atoms with Crippen LogP contribution >= 0.6 is 0 Å². The van der Waals surface area contributed by atoms with Crippen LogP contribution in [0.25, 0.3) is 0 Å². The van der Waals surface area contributed by atoms with Gasteiger partial charge in [0, 0.05) is 25.2 Å². The van der Waals surface area contributed by atoms with Crippen LogP contribution in [0.3, 0.4) is 0 Å². The summed E-state index contributed by atoms with van der Waals surface area (Å²) in [6, 6.07) is 3.08. The van der Waals surface area contributed by atoms with Crippen LogP contribution in [0.15, 0.2) is 18.2 Å². The van der Waals surface area contributed by atoms with E-state index >= 15 is 0 Å². The number of nitro groups is 1. The van der Waals surface area contributed by atoms with Crippen molar-refractivity contribution < 1.29 is 19.5 Å². The lowest BCUT2D eigenvalue weighted by atomic mass is 10.2. The Hall–Kier alpha value is -1.73. The predicted octanol–water partition coefficient (Wildman–Crippen LogP) is 0.525. The zero-order chi connectivity index (χ0) is 12.8. The minimum atomic E-state index is -0.628. The molecule has 1 aromatic rings. The molecule has 2 N–H and O–H groups in total. The van der Waals surface area contributed by atoms with Gasteiger partial charge in [0.25, 0.3) is 5.69 Å². The molecule has 1 rings (SSSR count). The summed E-state index contributed by atoms with van der Waals surface area (Å²) in [6.45, 7) is -0.308. The van der Waals surface area contributed by atoms with Crippen molar-refractivity contribution in [2.24, 2.45) is 0 Å². The molecule has 7 heteroatoms. The predicted molar refractivity (Wildman–Crippen MR) is 59.4 cm³/mol. The molecular formula is C10H13FN2O4. The second-order valence-corrected chi connectivity index (χ2v) is 3.32. The smallest absolute Gasteiger partial charge is 0.292 e. The number of nitro benzene ring substituents is 1. The van der Waals surface area contributed by atoms with Gasteiger partial charge in [-0.1, -0.05) is 0 Å². The highest BCUT2D eigenvalue weighted by atomic mass is 19.1. The van der Waals surface area contributed by atoms with Crippen LogP contribution in [0.4, 0.5) is 15.8 Å². The number of rotatable bonds is 6. The molecule has 0 aliphatic carbocycles. The standard InChI is InChI=1S/C10H13FN2O4/c11-8-1-2-9(13(16)17)10(7-8)12(3-5-14)4-6-15/h1-2,7,14-15H,3-6H2. The van der Waals surface area contributed by atoms with E-state index < -0.39 is 10.7 Å². The molecule has 0 amide bonds. The Kier molecular flexibility index (Phi) is 4.80. The van der Waals surface area contributed by atoms with Crippen molar-refractivity contribution in [1.29, 1.82) is 0 Å². The third kappa shape index (κ3) is 3.36. The van der Waals surface area contributed by atoms with E-state index in [-0.39, 0.29) is 37.7 Å². The molecule has 1 aromatic carbocycles. The zero-order valence-electron chi connectivity index (χ0n) is 9.04. The number of aliphatic hydroxyl groups excluding tert-OH is 2. The Morgan fingerprint density at radius 1 is 1.29 bits per heavy atom. The van der Waals surface area contributed by atoms with E-state index in [1.54, 1.807) is 0 Å². The van der Waals surface area contributed by atoms with E-state index in [1.807, 2.05) is 0 Å². The molecule has 0 atom stereocenters. The molecule has 94 valence electrons. The van der Waals surface area contributed by atoms with E-state index in [0.29, 0.717) is 0 Å². The normalized spacial score (nSPS) is 10.3. The molecule has 0 aliphatic heterocycles. The fourth-order valence-corrected chi connectivity index (χ4v) is 1.50. The van der Waals surface area contributed by atoms with Crippen LogP contribution < -0.4 is 4.90 Å². The van der Waals surface area contributed by atoms with E-state index in [2.05, 4.69) is 0 Å². The first kappa shape index (κ1) is 13.3. The largest absolute Gasteiger partial charge is 0.395 e. The van der Waals surface area contributed by atoms with Gasteiger partial charge in [-0.15, -0.1) is 0 Å². The summed E-state index contributed by atoms with van der Waals surface area (Å²) in [5, 5.41) is 28.5. The Morgan fingerprint density at radius 2 is 1.88 bits per heavy atom. The fraction of sp³-hybridized carbons (Fsp3) is 0.400. The highest BCUT2D eigenvalue weighted by Gasteiger charge is 2.19. The molecule has 0 aromatic heterocycles. The van der Waals surface area contributed by atoms with Crippen molar-refractivity contribution in [2.45, 2.75) is 0 Å². The molecular weight excluding hydrogens is 231 g/mol. The van der Waals surface area contributed by atoms with Crippen molar-refractivity contribution in [3.05, 3.63) is 34.1 Å². The van der Waals surface area contributed by atoms with Crippen LogP contribution in [0.5, 0.6) is 0 Å². The minimum absolute atomic E-state index is 0.0538. The first-order valence-corrected chi connectivity index (χ1v) is 5.00. The Bertz CT molecular complexity index is 394. The van der Waals surface area contributed by atoms with Gasteiger partial charge < -0.3 is 15.1 Å². The van der Waals surface area contributed by atoms with Gasteiger partial charge in [-0.3, -0.25) is 10.1 Å². The maximum absolute atomic E-state index is 13.1. The molecule has 0 saturated heterocycles. The molecule has 0 heterocycles. The van der Waals surface area contributed by atoms with Gasteiger partial charge in [-0.05, 0) is 6.07 Å². The van der Waals surface area contributed by atoms with Crippen LogP contribution in [-0.4, -0.2) is 41.4 Å². The first-order valence-electron chi connectivity index (χ1n) is 5.00. The van der Waals surface area contributed by atoms with Crippen molar-refractivity contribution in [1.82, 2.24) is 0 Å². The monoisotopic (exact) mass is 244 g/mol. The van der Waals surface area contributed by atoms with Crippen LogP contribution in [-0.2, 0) is 0 Å². The third-order valence-corrected chi connectivity index (χ3v) is 2.21. The van der Waals surface area contributed by atoms with Crippen molar-refractivity contribution in [2.75, 3.05) is 31.2 Å². The van der Waals surface area contributed by atoms with Gasteiger partial charge in [-0.2, -0.15) is 0 Å². The maximum atomic E-state index is 13.1. The molecule has 0 fully saturated rings. The lowest BCUT2D eigenvalue weighted by Crippen LogP contribution is -2.30. The highest BCUT2D eigenvalue weighted by molar-refractivity contribution is 5.63. The summed E-state index contributed by atoms with van der Waals surface area (Å²) in [5.41, 5.74) is -0.202. The summed E-state index contributed by atoms with van der Waals surface area (Å²) < 4.78 is 13.1. The lowest BCUT2D eigenvalue weighted by Gasteiger charge is -2.22. The molecule has 0 saturated carbocycles. The number of aliphatic hydroxyl groups is 2. The van der Waals surface area contributed by atoms with Gasteiger partial charge in [0.05, 0.1) is 18.1 Å². The lowest BCUT2D eigenvalue weighted by molar-refractivity contribution is -0.384. The zero-order valence-corrected chi connectivity index (χ0v) is 9.04. The third-order valence-electron chi connectivity index (χ3n) is 2.21. The number of nitrogens with zero attached hydrogens (tertiary/aromatic N) is 2.